The molecular formula is C19H20N2O3. The number of hydrazone groups is 1. The molecule has 5 nitrogen and oxygen atoms in total. The molecule has 5 heteroatoms. The van der Waals surface area contributed by atoms with Crippen molar-refractivity contribution >= 4 is 11.6 Å². The second-order valence-electron chi connectivity index (χ2n) is 5.84. The van der Waals surface area contributed by atoms with Crippen LogP contribution in [-0.4, -0.2) is 24.3 Å². The lowest BCUT2D eigenvalue weighted by atomic mass is 10.0. The fourth-order valence-corrected chi connectivity index (χ4v) is 2.39. The van der Waals surface area contributed by atoms with Crippen LogP contribution >= 0.6 is 0 Å². The second kappa shape index (κ2) is 6.74. The molecule has 3 rings (SSSR count). The number of aryl methyl sites for hydroxylation is 2. The van der Waals surface area contributed by atoms with Gasteiger partial charge in [-0.05, 0) is 55.7 Å². The average Bonchev–Trinajstić information content (AvgIpc) is 2.61. The predicted octanol–water partition coefficient (Wildman–Crippen LogP) is 2.98. The molecule has 1 heterocycles. The number of nitrogens with zero attached hydrogens (tertiary/aromatic N) is 1. The molecule has 0 fully saturated rings. The zero-order valence-corrected chi connectivity index (χ0v) is 14.0. The van der Waals surface area contributed by atoms with E-state index in [1.807, 2.05) is 37.3 Å². The molecule has 1 aliphatic heterocycles. The number of rotatable bonds is 3. The van der Waals surface area contributed by atoms with Gasteiger partial charge in [0.15, 0.2) is 11.5 Å². The van der Waals surface area contributed by atoms with Crippen molar-refractivity contribution in [3.05, 3.63) is 59.2 Å². The van der Waals surface area contributed by atoms with Crippen LogP contribution in [0.2, 0.25) is 0 Å². The molecule has 0 aliphatic carbocycles. The Morgan fingerprint density at radius 3 is 2.62 bits per heavy atom. The molecule has 124 valence electrons. The van der Waals surface area contributed by atoms with Gasteiger partial charge in [0.1, 0.15) is 6.61 Å². The number of para-hydroxylation sites is 2. The normalized spacial score (nSPS) is 16.6. The van der Waals surface area contributed by atoms with Gasteiger partial charge in [0.2, 0.25) is 6.10 Å². The minimum absolute atomic E-state index is 0.168. The van der Waals surface area contributed by atoms with Gasteiger partial charge in [-0.1, -0.05) is 24.3 Å². The summed E-state index contributed by atoms with van der Waals surface area (Å²) in [6, 6.07) is 13.4. The first kappa shape index (κ1) is 16.1. The fourth-order valence-electron chi connectivity index (χ4n) is 2.39. The molecule has 24 heavy (non-hydrogen) atoms. The van der Waals surface area contributed by atoms with Gasteiger partial charge >= 0.3 is 0 Å². The van der Waals surface area contributed by atoms with Gasteiger partial charge in [-0.25, -0.2) is 5.43 Å². The molecule has 0 bridgehead atoms. The molecular weight excluding hydrogens is 304 g/mol. The first-order valence-corrected chi connectivity index (χ1v) is 7.85. The Morgan fingerprint density at radius 1 is 1.12 bits per heavy atom. The van der Waals surface area contributed by atoms with Crippen LogP contribution in [0.15, 0.2) is 47.6 Å². The predicted molar refractivity (Wildman–Crippen MR) is 92.6 cm³/mol. The fraction of sp³-hybridized carbons (Fsp3) is 0.263. The smallest absolute Gasteiger partial charge is 0.284 e. The van der Waals surface area contributed by atoms with Gasteiger partial charge in [0, 0.05) is 0 Å². The van der Waals surface area contributed by atoms with Crippen LogP contribution in [0.4, 0.5) is 0 Å². The molecule has 1 N–H and O–H groups in total. The molecule has 0 aromatic heterocycles. The first-order chi connectivity index (χ1) is 11.5. The Kier molecular flexibility index (Phi) is 4.51. The van der Waals surface area contributed by atoms with E-state index in [4.69, 9.17) is 9.47 Å². The summed E-state index contributed by atoms with van der Waals surface area (Å²) in [6.07, 6.45) is -0.712. The summed E-state index contributed by atoms with van der Waals surface area (Å²) in [6.45, 7) is 6.14. The van der Waals surface area contributed by atoms with Gasteiger partial charge in [-0.3, -0.25) is 4.79 Å². The van der Waals surface area contributed by atoms with Gasteiger partial charge < -0.3 is 9.47 Å². The van der Waals surface area contributed by atoms with E-state index in [0.29, 0.717) is 11.5 Å². The van der Waals surface area contributed by atoms with E-state index >= 15 is 0 Å². The number of hydrogen-bond donors (Lipinski definition) is 1. The lowest BCUT2D eigenvalue weighted by molar-refractivity contribution is -0.130. The van der Waals surface area contributed by atoms with Crippen molar-refractivity contribution < 1.29 is 14.3 Å². The lowest BCUT2D eigenvalue weighted by Gasteiger charge is -2.24. The SMILES string of the molecule is C/C(=N/NC(=O)[C@@H]1COc2ccccc2O1)c1ccc(C)c(C)c1. The van der Waals surface area contributed by atoms with Gasteiger partial charge in [-0.2, -0.15) is 5.10 Å². The molecule has 1 atom stereocenters. The molecule has 0 radical (unpaired) electrons. The maximum atomic E-state index is 12.2. The van der Waals surface area contributed by atoms with Crippen molar-refractivity contribution in [2.45, 2.75) is 26.9 Å². The number of benzene rings is 2. The summed E-state index contributed by atoms with van der Waals surface area (Å²) in [5.74, 6) is 0.891. The van der Waals surface area contributed by atoms with Crippen LogP contribution in [0.1, 0.15) is 23.6 Å². The zero-order chi connectivity index (χ0) is 17.1. The van der Waals surface area contributed by atoms with E-state index in [-0.39, 0.29) is 12.5 Å². The quantitative estimate of drug-likeness (QED) is 0.697. The Labute approximate surface area is 141 Å². The van der Waals surface area contributed by atoms with Crippen molar-refractivity contribution in [2.75, 3.05) is 6.61 Å². The van der Waals surface area contributed by atoms with E-state index in [1.54, 1.807) is 6.07 Å². The van der Waals surface area contributed by atoms with E-state index in [1.165, 1.54) is 11.1 Å². The maximum absolute atomic E-state index is 12.2. The highest BCUT2D eigenvalue weighted by molar-refractivity contribution is 5.99. The standard InChI is InChI=1S/C19H20N2O3/c1-12-8-9-15(10-13(12)2)14(3)20-21-19(22)18-11-23-16-6-4-5-7-17(16)24-18/h4-10,18H,11H2,1-3H3,(H,21,22)/b20-14-/t18-/m0/s1. The third-order valence-corrected chi connectivity index (χ3v) is 4.06. The molecule has 0 spiro atoms. The van der Waals surface area contributed by atoms with Gasteiger partial charge in [0.25, 0.3) is 5.91 Å². The minimum Gasteiger partial charge on any atom is -0.485 e. The Balaban J connectivity index is 1.66. The third-order valence-electron chi connectivity index (χ3n) is 4.06. The van der Waals surface area contributed by atoms with Crippen molar-refractivity contribution in [2.24, 2.45) is 5.10 Å². The first-order valence-electron chi connectivity index (χ1n) is 7.85. The number of nitrogens with one attached hydrogen (secondary N) is 1. The summed E-state index contributed by atoms with van der Waals surface area (Å²) in [5, 5.41) is 4.18. The largest absolute Gasteiger partial charge is 0.485 e. The van der Waals surface area contributed by atoms with Gasteiger partial charge in [-0.15, -0.1) is 0 Å². The van der Waals surface area contributed by atoms with Crippen LogP contribution < -0.4 is 14.9 Å². The second-order valence-corrected chi connectivity index (χ2v) is 5.84. The summed E-state index contributed by atoms with van der Waals surface area (Å²) in [5.41, 5.74) is 6.69. The van der Waals surface area contributed by atoms with Crippen LogP contribution in [0.5, 0.6) is 11.5 Å². The summed E-state index contributed by atoms with van der Waals surface area (Å²) < 4.78 is 11.2. The zero-order valence-electron chi connectivity index (χ0n) is 14.0. The number of amides is 1. The summed E-state index contributed by atoms with van der Waals surface area (Å²) in [4.78, 5) is 12.2. The number of ether oxygens (including phenoxy) is 2. The van der Waals surface area contributed by atoms with Crippen molar-refractivity contribution in [1.82, 2.24) is 5.43 Å². The maximum Gasteiger partial charge on any atom is 0.284 e. The van der Waals surface area contributed by atoms with Crippen LogP contribution in [0.25, 0.3) is 0 Å². The Hall–Kier alpha value is -2.82. The lowest BCUT2D eigenvalue weighted by Crippen LogP contribution is -2.42. The van der Waals surface area contributed by atoms with Crippen molar-refractivity contribution in [1.29, 1.82) is 0 Å². The molecule has 2 aromatic rings. The summed E-state index contributed by atoms with van der Waals surface area (Å²) in [7, 11) is 0. The third kappa shape index (κ3) is 3.40. The highest BCUT2D eigenvalue weighted by Crippen LogP contribution is 2.30. The number of fused-ring (bicyclic) bond motifs is 1. The number of hydrogen-bond acceptors (Lipinski definition) is 4. The Morgan fingerprint density at radius 2 is 1.88 bits per heavy atom. The molecule has 0 saturated heterocycles. The highest BCUT2D eigenvalue weighted by atomic mass is 16.6. The van der Waals surface area contributed by atoms with E-state index in [9.17, 15) is 4.79 Å². The van der Waals surface area contributed by atoms with Crippen LogP contribution in [0, 0.1) is 13.8 Å². The molecule has 1 amide bonds. The monoisotopic (exact) mass is 324 g/mol. The van der Waals surface area contributed by atoms with Crippen molar-refractivity contribution in [3.8, 4) is 11.5 Å². The number of carbonyl (C=O) groups is 1. The van der Waals surface area contributed by atoms with E-state index in [0.717, 1.165) is 11.3 Å². The summed E-state index contributed by atoms with van der Waals surface area (Å²) >= 11 is 0. The molecule has 0 unspecified atom stereocenters. The molecule has 1 aliphatic rings. The molecule has 0 saturated carbocycles. The topological polar surface area (TPSA) is 59.9 Å². The van der Waals surface area contributed by atoms with Crippen LogP contribution in [-0.2, 0) is 4.79 Å². The van der Waals surface area contributed by atoms with E-state index in [2.05, 4.69) is 30.4 Å². The van der Waals surface area contributed by atoms with E-state index < -0.39 is 6.10 Å². The van der Waals surface area contributed by atoms with Gasteiger partial charge in [0.05, 0.1) is 5.71 Å². The molecule has 2 aromatic carbocycles. The minimum atomic E-state index is -0.712. The number of carbonyl (C=O) groups excluding carboxylic acids is 1. The van der Waals surface area contributed by atoms with Crippen molar-refractivity contribution in [3.63, 3.8) is 0 Å². The Bertz CT molecular complexity index is 799. The average molecular weight is 324 g/mol. The van der Waals surface area contributed by atoms with Crippen LogP contribution in [0.3, 0.4) is 0 Å². The highest BCUT2D eigenvalue weighted by Gasteiger charge is 2.27.